The van der Waals surface area contributed by atoms with Gasteiger partial charge in [-0.3, -0.25) is 9.69 Å². The van der Waals surface area contributed by atoms with Crippen molar-refractivity contribution in [2.24, 2.45) is 0 Å². The van der Waals surface area contributed by atoms with Gasteiger partial charge in [0.25, 0.3) is 0 Å². The number of fused-ring (bicyclic) bond motifs is 1. The molecule has 1 N–H and O–H groups in total. The maximum atomic E-state index is 12.4. The van der Waals surface area contributed by atoms with E-state index in [0.29, 0.717) is 13.2 Å². The lowest BCUT2D eigenvalue weighted by Crippen LogP contribution is -2.40. The zero-order chi connectivity index (χ0) is 21.6. The van der Waals surface area contributed by atoms with Crippen LogP contribution in [0.3, 0.4) is 0 Å². The van der Waals surface area contributed by atoms with E-state index in [1.807, 2.05) is 60.8 Å². The molecule has 0 aliphatic carbocycles. The molecule has 31 heavy (non-hydrogen) atoms. The van der Waals surface area contributed by atoms with E-state index in [2.05, 4.69) is 22.1 Å². The van der Waals surface area contributed by atoms with Gasteiger partial charge in [-0.05, 0) is 37.2 Å². The number of anilines is 1. The van der Waals surface area contributed by atoms with Gasteiger partial charge in [-0.2, -0.15) is 0 Å². The lowest BCUT2D eigenvalue weighted by molar-refractivity contribution is -0.115. The number of carbonyl (C=O) groups is 1. The van der Waals surface area contributed by atoms with Gasteiger partial charge in [-0.25, -0.2) is 4.98 Å². The molecule has 1 aliphatic heterocycles. The van der Waals surface area contributed by atoms with Crippen LogP contribution in [0.4, 0.5) is 5.69 Å². The second-order valence-electron chi connectivity index (χ2n) is 7.60. The Morgan fingerprint density at radius 2 is 1.97 bits per heavy atom. The molecular weight excluding hydrogens is 410 g/mol. The number of amides is 1. The van der Waals surface area contributed by atoms with Crippen molar-refractivity contribution in [3.63, 3.8) is 0 Å². The Labute approximate surface area is 186 Å². The van der Waals surface area contributed by atoms with E-state index in [4.69, 9.17) is 9.47 Å². The summed E-state index contributed by atoms with van der Waals surface area (Å²) in [6.45, 7) is 6.99. The van der Waals surface area contributed by atoms with Crippen molar-refractivity contribution in [3.05, 3.63) is 70.2 Å². The van der Waals surface area contributed by atoms with Crippen molar-refractivity contribution in [2.45, 2.75) is 32.9 Å². The van der Waals surface area contributed by atoms with Gasteiger partial charge >= 0.3 is 0 Å². The minimum absolute atomic E-state index is 0.0205. The van der Waals surface area contributed by atoms with Gasteiger partial charge in [0.1, 0.15) is 17.7 Å². The molecule has 1 aromatic heterocycles. The van der Waals surface area contributed by atoms with Gasteiger partial charge in [-0.1, -0.05) is 37.3 Å². The third-order valence-electron chi connectivity index (χ3n) is 5.19. The summed E-state index contributed by atoms with van der Waals surface area (Å²) in [6.07, 6.45) is 0.259. The maximum absolute atomic E-state index is 12.4. The molecule has 3 aromatic rings. The molecule has 1 atom stereocenters. The van der Waals surface area contributed by atoms with Gasteiger partial charge in [0.2, 0.25) is 5.91 Å². The second kappa shape index (κ2) is 9.94. The third-order valence-corrected chi connectivity index (χ3v) is 6.09. The molecule has 2 heterocycles. The molecule has 0 saturated heterocycles. The molecule has 1 unspecified atom stereocenters. The van der Waals surface area contributed by atoms with Crippen molar-refractivity contribution in [1.29, 1.82) is 0 Å². The number of nitrogens with one attached hydrogen (secondary N) is 1. The Morgan fingerprint density at radius 3 is 2.77 bits per heavy atom. The average Bonchev–Trinajstić information content (AvgIpc) is 3.21. The Bertz CT molecular complexity index is 1040. The zero-order valence-electron chi connectivity index (χ0n) is 17.8. The number of hydrogen-bond acceptors (Lipinski definition) is 6. The van der Waals surface area contributed by atoms with Gasteiger partial charge in [0, 0.05) is 24.2 Å². The molecule has 2 aromatic carbocycles. The van der Waals surface area contributed by atoms with Gasteiger partial charge < -0.3 is 14.8 Å². The van der Waals surface area contributed by atoms with E-state index >= 15 is 0 Å². The van der Waals surface area contributed by atoms with Crippen LogP contribution < -0.4 is 14.8 Å². The molecule has 4 rings (SSSR count). The highest BCUT2D eigenvalue weighted by molar-refractivity contribution is 7.09. The number of likely N-dealkylation sites (N-methyl/N-ethyl adjacent to an activating group) is 1. The predicted molar refractivity (Wildman–Crippen MR) is 123 cm³/mol. The Kier molecular flexibility index (Phi) is 6.84. The summed E-state index contributed by atoms with van der Waals surface area (Å²) in [6, 6.07) is 15.5. The molecule has 0 fully saturated rings. The van der Waals surface area contributed by atoms with E-state index in [0.717, 1.165) is 46.5 Å². The van der Waals surface area contributed by atoms with Gasteiger partial charge in [-0.15, -0.1) is 11.3 Å². The Hall–Kier alpha value is -2.90. The fourth-order valence-electron chi connectivity index (χ4n) is 3.52. The van der Waals surface area contributed by atoms with E-state index in [9.17, 15) is 4.79 Å². The summed E-state index contributed by atoms with van der Waals surface area (Å²) in [5.74, 6) is 1.55. The van der Waals surface area contributed by atoms with Crippen molar-refractivity contribution in [3.8, 4) is 11.5 Å². The summed E-state index contributed by atoms with van der Waals surface area (Å²) in [5.41, 5.74) is 2.87. The molecule has 0 spiro atoms. The topological polar surface area (TPSA) is 63.7 Å². The van der Waals surface area contributed by atoms with Crippen LogP contribution in [0.15, 0.2) is 53.9 Å². The Balaban J connectivity index is 1.30. The quantitative estimate of drug-likeness (QED) is 0.569. The molecule has 0 radical (unpaired) electrons. The van der Waals surface area contributed by atoms with Crippen LogP contribution >= 0.6 is 11.3 Å². The fraction of sp³-hybridized carbons (Fsp3) is 0.333. The maximum Gasteiger partial charge on any atom is 0.231 e. The lowest BCUT2D eigenvalue weighted by Gasteiger charge is -2.30. The molecule has 1 aliphatic rings. The minimum Gasteiger partial charge on any atom is -0.486 e. The molecule has 0 saturated carbocycles. The van der Waals surface area contributed by atoms with Crippen LogP contribution in [0.1, 0.15) is 23.2 Å². The number of ether oxygens (including phenoxy) is 2. The molecule has 0 bridgehead atoms. The molecular formula is C24H27N3O3S. The summed E-state index contributed by atoms with van der Waals surface area (Å²) in [5, 5.41) is 5.83. The van der Waals surface area contributed by atoms with Crippen molar-refractivity contribution < 1.29 is 14.3 Å². The van der Waals surface area contributed by atoms with Gasteiger partial charge in [0.15, 0.2) is 11.5 Å². The highest BCUT2D eigenvalue weighted by atomic mass is 32.1. The van der Waals surface area contributed by atoms with E-state index in [-0.39, 0.29) is 18.4 Å². The highest BCUT2D eigenvalue weighted by Crippen LogP contribution is 2.31. The van der Waals surface area contributed by atoms with E-state index < -0.39 is 0 Å². The van der Waals surface area contributed by atoms with Crippen LogP contribution in [0.5, 0.6) is 11.5 Å². The fourth-order valence-corrected chi connectivity index (χ4v) is 4.31. The Morgan fingerprint density at radius 1 is 1.19 bits per heavy atom. The SMILES string of the molecule is CCN(Cc1csc(CC(=O)Nc2ccccc2C)n1)CC1COc2ccccc2O1. The van der Waals surface area contributed by atoms with Crippen LogP contribution in [0, 0.1) is 6.92 Å². The first-order valence-corrected chi connectivity index (χ1v) is 11.4. The molecule has 6 nitrogen and oxygen atoms in total. The third kappa shape index (κ3) is 5.62. The van der Waals surface area contributed by atoms with Crippen molar-refractivity contribution >= 4 is 22.9 Å². The van der Waals surface area contributed by atoms with Crippen molar-refractivity contribution in [2.75, 3.05) is 25.0 Å². The highest BCUT2D eigenvalue weighted by Gasteiger charge is 2.23. The first kappa shape index (κ1) is 21.3. The number of para-hydroxylation sites is 3. The summed E-state index contributed by atoms with van der Waals surface area (Å²) in [7, 11) is 0. The second-order valence-corrected chi connectivity index (χ2v) is 8.54. The van der Waals surface area contributed by atoms with E-state index in [1.165, 1.54) is 11.3 Å². The number of rotatable bonds is 8. The number of hydrogen-bond donors (Lipinski definition) is 1. The number of aromatic nitrogens is 1. The van der Waals surface area contributed by atoms with E-state index in [1.54, 1.807) is 0 Å². The number of benzene rings is 2. The summed E-state index contributed by atoms with van der Waals surface area (Å²) >= 11 is 1.53. The monoisotopic (exact) mass is 437 g/mol. The summed E-state index contributed by atoms with van der Waals surface area (Å²) < 4.78 is 11.9. The molecule has 1 amide bonds. The smallest absolute Gasteiger partial charge is 0.231 e. The lowest BCUT2D eigenvalue weighted by atomic mass is 10.2. The standard InChI is InChI=1S/C24H27N3O3S/c1-3-27(14-19-15-29-21-10-6-7-11-22(21)30-19)13-18-16-31-24(25-18)12-23(28)26-20-9-5-4-8-17(20)2/h4-11,16,19H,3,12-15H2,1-2H3,(H,26,28). The minimum atomic E-state index is -0.0473. The average molecular weight is 438 g/mol. The first-order chi connectivity index (χ1) is 15.1. The number of thiazole rings is 1. The normalized spacial score (nSPS) is 15.1. The van der Waals surface area contributed by atoms with Crippen LogP contribution in [0.25, 0.3) is 0 Å². The van der Waals surface area contributed by atoms with Crippen molar-refractivity contribution in [1.82, 2.24) is 9.88 Å². The molecule has 7 heteroatoms. The largest absolute Gasteiger partial charge is 0.486 e. The van der Waals surface area contributed by atoms with Crippen LogP contribution in [-0.4, -0.2) is 41.6 Å². The number of nitrogens with zero attached hydrogens (tertiary/aromatic N) is 2. The predicted octanol–water partition coefficient (Wildman–Crippen LogP) is 4.29. The zero-order valence-corrected chi connectivity index (χ0v) is 18.7. The first-order valence-electron chi connectivity index (χ1n) is 10.5. The van der Waals surface area contributed by atoms with Crippen LogP contribution in [0.2, 0.25) is 0 Å². The van der Waals surface area contributed by atoms with Gasteiger partial charge in [0.05, 0.1) is 12.1 Å². The van der Waals surface area contributed by atoms with Crippen LogP contribution in [-0.2, 0) is 17.8 Å². The number of carbonyl (C=O) groups excluding carboxylic acids is 1. The summed E-state index contributed by atoms with van der Waals surface area (Å²) in [4.78, 5) is 19.4. The number of aryl methyl sites for hydroxylation is 1. The molecule has 162 valence electrons.